The predicted molar refractivity (Wildman–Crippen MR) is 70.4 cm³/mol. The van der Waals surface area contributed by atoms with Crippen LogP contribution < -0.4 is 4.72 Å². The molecule has 2 aliphatic rings. The summed E-state index contributed by atoms with van der Waals surface area (Å²) in [5.74, 6) is 0. The maximum atomic E-state index is 12.2. The summed E-state index contributed by atoms with van der Waals surface area (Å²) in [5.41, 5.74) is 0. The van der Waals surface area contributed by atoms with E-state index in [4.69, 9.17) is 0 Å². The summed E-state index contributed by atoms with van der Waals surface area (Å²) in [6, 6.07) is 0.00153. The lowest BCUT2D eigenvalue weighted by atomic mass is 9.94. The molecule has 0 amide bonds. The smallest absolute Gasteiger partial charge is 0.279 e. The molecule has 0 aromatic carbocycles. The molecule has 0 aromatic rings. The number of hydrogen-bond acceptors (Lipinski definition) is 3. The van der Waals surface area contributed by atoms with Crippen molar-refractivity contribution in [3.63, 3.8) is 0 Å². The van der Waals surface area contributed by atoms with Gasteiger partial charge in [-0.25, -0.2) is 0 Å². The second kappa shape index (κ2) is 6.32. The van der Waals surface area contributed by atoms with Crippen molar-refractivity contribution in [2.45, 2.75) is 63.5 Å². The Bertz CT molecular complexity index is 342. The number of nitrogens with one attached hydrogen (secondary N) is 1. The van der Waals surface area contributed by atoms with Crippen LogP contribution in [0.15, 0.2) is 0 Å². The minimum atomic E-state index is -3.32. The quantitative estimate of drug-likeness (QED) is 0.808. The van der Waals surface area contributed by atoms with Gasteiger partial charge in [-0.2, -0.15) is 17.4 Å². The minimum Gasteiger partial charge on any atom is -0.393 e. The first-order chi connectivity index (χ1) is 8.58. The third-order valence-corrected chi connectivity index (χ3v) is 5.59. The fourth-order valence-corrected chi connectivity index (χ4v) is 4.31. The van der Waals surface area contributed by atoms with E-state index < -0.39 is 10.2 Å². The normalized spacial score (nSPS) is 32.1. The van der Waals surface area contributed by atoms with E-state index in [9.17, 15) is 13.5 Å². The Morgan fingerprint density at radius 1 is 0.944 bits per heavy atom. The van der Waals surface area contributed by atoms with Gasteiger partial charge < -0.3 is 5.11 Å². The molecule has 1 aliphatic heterocycles. The average Bonchev–Trinajstić information content (AvgIpc) is 2.61. The lowest BCUT2D eigenvalue weighted by molar-refractivity contribution is 0.120. The molecule has 0 bridgehead atoms. The molecule has 0 atom stereocenters. The summed E-state index contributed by atoms with van der Waals surface area (Å²) in [4.78, 5) is 0. The highest BCUT2D eigenvalue weighted by atomic mass is 32.2. The first kappa shape index (κ1) is 14.2. The summed E-state index contributed by atoms with van der Waals surface area (Å²) in [7, 11) is -3.32. The van der Waals surface area contributed by atoms with E-state index in [1.165, 1.54) is 0 Å². The summed E-state index contributed by atoms with van der Waals surface area (Å²) in [6.45, 7) is 1.29. The SMILES string of the molecule is O=S(=O)(NC1CCC(O)CC1)N1CCCCCC1. The van der Waals surface area contributed by atoms with Crippen LogP contribution in [-0.2, 0) is 10.2 Å². The third kappa shape index (κ3) is 3.91. The van der Waals surface area contributed by atoms with Crippen LogP contribution in [-0.4, -0.2) is 43.1 Å². The zero-order valence-electron chi connectivity index (χ0n) is 10.8. The van der Waals surface area contributed by atoms with Crippen molar-refractivity contribution in [2.75, 3.05) is 13.1 Å². The Kier molecular flexibility index (Phi) is 5.00. The fraction of sp³-hybridized carbons (Fsp3) is 1.00. The molecular weight excluding hydrogens is 252 g/mol. The van der Waals surface area contributed by atoms with Gasteiger partial charge in [0.1, 0.15) is 0 Å². The van der Waals surface area contributed by atoms with Gasteiger partial charge in [0.2, 0.25) is 0 Å². The molecule has 0 radical (unpaired) electrons. The maximum absolute atomic E-state index is 12.2. The second-order valence-electron chi connectivity index (χ2n) is 5.44. The van der Waals surface area contributed by atoms with Crippen LogP contribution in [0.3, 0.4) is 0 Å². The monoisotopic (exact) mass is 276 g/mol. The molecule has 0 aromatic heterocycles. The van der Waals surface area contributed by atoms with Crippen molar-refractivity contribution >= 4 is 10.2 Å². The zero-order chi connectivity index (χ0) is 13.0. The minimum absolute atomic E-state index is 0.00153. The first-order valence-electron chi connectivity index (χ1n) is 7.03. The first-order valence-corrected chi connectivity index (χ1v) is 8.47. The topological polar surface area (TPSA) is 69.6 Å². The van der Waals surface area contributed by atoms with Crippen LogP contribution in [0.1, 0.15) is 51.4 Å². The van der Waals surface area contributed by atoms with E-state index in [-0.39, 0.29) is 12.1 Å². The molecule has 1 saturated carbocycles. The summed E-state index contributed by atoms with van der Waals surface area (Å²) >= 11 is 0. The van der Waals surface area contributed by atoms with Crippen LogP contribution in [0.2, 0.25) is 0 Å². The molecular formula is C12H24N2O3S. The maximum Gasteiger partial charge on any atom is 0.279 e. The molecule has 6 heteroatoms. The van der Waals surface area contributed by atoms with Crippen molar-refractivity contribution in [3.05, 3.63) is 0 Å². The second-order valence-corrected chi connectivity index (χ2v) is 7.14. The van der Waals surface area contributed by atoms with E-state index in [2.05, 4.69) is 4.72 Å². The molecule has 1 heterocycles. The molecule has 2 N–H and O–H groups in total. The molecule has 5 nitrogen and oxygen atoms in total. The zero-order valence-corrected chi connectivity index (χ0v) is 11.7. The van der Waals surface area contributed by atoms with Gasteiger partial charge in [-0.3, -0.25) is 0 Å². The van der Waals surface area contributed by atoms with Gasteiger partial charge in [0.15, 0.2) is 0 Å². The number of nitrogens with zero attached hydrogens (tertiary/aromatic N) is 1. The highest BCUT2D eigenvalue weighted by molar-refractivity contribution is 7.87. The molecule has 0 spiro atoms. The number of aliphatic hydroxyl groups excluding tert-OH is 1. The Morgan fingerprint density at radius 3 is 2.06 bits per heavy atom. The standard InChI is InChI=1S/C12H24N2O3S/c15-12-7-5-11(6-8-12)13-18(16,17)14-9-3-1-2-4-10-14/h11-13,15H,1-10H2. The van der Waals surface area contributed by atoms with Crippen LogP contribution in [0.5, 0.6) is 0 Å². The van der Waals surface area contributed by atoms with Crippen LogP contribution >= 0.6 is 0 Å². The summed E-state index contributed by atoms with van der Waals surface area (Å²) in [5, 5.41) is 9.42. The summed E-state index contributed by atoms with van der Waals surface area (Å²) < 4.78 is 28.9. The molecule has 2 rings (SSSR count). The van der Waals surface area contributed by atoms with Crippen molar-refractivity contribution in [2.24, 2.45) is 0 Å². The summed E-state index contributed by atoms with van der Waals surface area (Å²) in [6.07, 6.45) is 6.82. The third-order valence-electron chi connectivity index (χ3n) is 3.92. The molecule has 1 saturated heterocycles. The van der Waals surface area contributed by atoms with Gasteiger partial charge >= 0.3 is 0 Å². The molecule has 0 unspecified atom stereocenters. The van der Waals surface area contributed by atoms with Gasteiger partial charge in [-0.05, 0) is 38.5 Å². The number of rotatable bonds is 3. The largest absolute Gasteiger partial charge is 0.393 e. The van der Waals surface area contributed by atoms with Crippen LogP contribution in [0.4, 0.5) is 0 Å². The number of hydrogen-bond donors (Lipinski definition) is 2. The van der Waals surface area contributed by atoms with E-state index >= 15 is 0 Å². The van der Waals surface area contributed by atoms with Gasteiger partial charge in [-0.15, -0.1) is 0 Å². The van der Waals surface area contributed by atoms with Crippen molar-refractivity contribution in [3.8, 4) is 0 Å². The van der Waals surface area contributed by atoms with Gasteiger partial charge in [0.25, 0.3) is 10.2 Å². The van der Waals surface area contributed by atoms with E-state index in [0.29, 0.717) is 25.9 Å². The van der Waals surface area contributed by atoms with Gasteiger partial charge in [0, 0.05) is 19.1 Å². The van der Waals surface area contributed by atoms with E-state index in [1.807, 2.05) is 0 Å². The predicted octanol–water partition coefficient (Wildman–Crippen LogP) is 1.00. The van der Waals surface area contributed by atoms with Crippen LogP contribution in [0.25, 0.3) is 0 Å². The van der Waals surface area contributed by atoms with E-state index in [1.54, 1.807) is 4.31 Å². The van der Waals surface area contributed by atoms with E-state index in [0.717, 1.165) is 38.5 Å². The molecule has 106 valence electrons. The van der Waals surface area contributed by atoms with Crippen LogP contribution in [0, 0.1) is 0 Å². The Labute approximate surface area is 110 Å². The molecule has 1 aliphatic carbocycles. The Hall–Kier alpha value is -0.170. The van der Waals surface area contributed by atoms with Crippen molar-refractivity contribution < 1.29 is 13.5 Å². The lowest BCUT2D eigenvalue weighted by Gasteiger charge is -2.29. The molecule has 18 heavy (non-hydrogen) atoms. The lowest BCUT2D eigenvalue weighted by Crippen LogP contribution is -2.47. The molecule has 2 fully saturated rings. The average molecular weight is 276 g/mol. The van der Waals surface area contributed by atoms with Gasteiger partial charge in [0.05, 0.1) is 6.10 Å². The van der Waals surface area contributed by atoms with Crippen molar-refractivity contribution in [1.82, 2.24) is 9.03 Å². The highest BCUT2D eigenvalue weighted by Crippen LogP contribution is 2.20. The Morgan fingerprint density at radius 2 is 1.50 bits per heavy atom. The Balaban J connectivity index is 1.89. The fourth-order valence-electron chi connectivity index (χ4n) is 2.76. The number of aliphatic hydroxyl groups is 1. The highest BCUT2D eigenvalue weighted by Gasteiger charge is 2.28. The van der Waals surface area contributed by atoms with Crippen molar-refractivity contribution in [1.29, 1.82) is 0 Å². The van der Waals surface area contributed by atoms with Gasteiger partial charge in [-0.1, -0.05) is 12.8 Å².